The third-order valence-corrected chi connectivity index (χ3v) is 4.80. The summed E-state index contributed by atoms with van der Waals surface area (Å²) in [6.07, 6.45) is 3.68. The topological polar surface area (TPSA) is 89.2 Å². The van der Waals surface area contributed by atoms with Crippen molar-refractivity contribution in [1.82, 2.24) is 14.3 Å². The number of likely N-dealkylation sites (N-methyl/N-ethyl adjacent to an activating group) is 1. The van der Waals surface area contributed by atoms with Crippen molar-refractivity contribution in [3.63, 3.8) is 0 Å². The number of aromatic nitrogens is 2. The van der Waals surface area contributed by atoms with E-state index >= 15 is 0 Å². The Hall–Kier alpha value is -1.99. The highest BCUT2D eigenvalue weighted by atomic mass is 32.2. The Kier molecular flexibility index (Phi) is 4.31. The Morgan fingerprint density at radius 3 is 2.55 bits per heavy atom. The van der Waals surface area contributed by atoms with Gasteiger partial charge in [-0.3, -0.25) is 4.98 Å². The Labute approximate surface area is 118 Å². The molecule has 0 unspecified atom stereocenters. The predicted octanol–water partition coefficient (Wildman–Crippen LogP) is 0.922. The summed E-state index contributed by atoms with van der Waals surface area (Å²) < 4.78 is 26.0. The molecule has 6 nitrogen and oxygen atoms in total. The SMILES string of the molecule is CN(CCc1ccccn1)S(=O)(=O)c1cccnc1N. The first kappa shape index (κ1) is 14.4. The average molecular weight is 292 g/mol. The molecule has 2 rings (SSSR count). The fourth-order valence-electron chi connectivity index (χ4n) is 1.73. The first-order valence-corrected chi connectivity index (χ1v) is 7.52. The van der Waals surface area contributed by atoms with Crippen LogP contribution in [-0.4, -0.2) is 36.3 Å². The van der Waals surface area contributed by atoms with E-state index in [1.807, 2.05) is 18.2 Å². The van der Waals surface area contributed by atoms with Crippen molar-refractivity contribution in [3.05, 3.63) is 48.4 Å². The molecule has 106 valence electrons. The number of anilines is 1. The maximum Gasteiger partial charge on any atom is 0.246 e. The third-order valence-electron chi connectivity index (χ3n) is 2.90. The fraction of sp³-hybridized carbons (Fsp3) is 0.231. The fourth-order valence-corrected chi connectivity index (χ4v) is 2.96. The van der Waals surface area contributed by atoms with Gasteiger partial charge in [-0.1, -0.05) is 6.07 Å². The molecule has 0 saturated carbocycles. The van der Waals surface area contributed by atoms with Gasteiger partial charge in [0, 0.05) is 38.1 Å². The van der Waals surface area contributed by atoms with Crippen LogP contribution in [0.15, 0.2) is 47.6 Å². The van der Waals surface area contributed by atoms with Gasteiger partial charge in [0.1, 0.15) is 10.7 Å². The Balaban J connectivity index is 2.12. The zero-order valence-corrected chi connectivity index (χ0v) is 11.9. The standard InChI is InChI=1S/C13H16N4O2S/c1-17(10-7-11-5-2-3-8-15-11)20(18,19)12-6-4-9-16-13(12)14/h2-6,8-9H,7,10H2,1H3,(H2,14,16). The minimum absolute atomic E-state index is 0.0113. The summed E-state index contributed by atoms with van der Waals surface area (Å²) in [5.41, 5.74) is 6.46. The van der Waals surface area contributed by atoms with Crippen molar-refractivity contribution in [3.8, 4) is 0 Å². The second-order valence-corrected chi connectivity index (χ2v) is 6.30. The highest BCUT2D eigenvalue weighted by Crippen LogP contribution is 2.18. The number of nitrogens with two attached hydrogens (primary N) is 1. The van der Waals surface area contributed by atoms with Crippen molar-refractivity contribution in [1.29, 1.82) is 0 Å². The molecule has 0 atom stereocenters. The molecule has 0 spiro atoms. The number of pyridine rings is 2. The first-order chi connectivity index (χ1) is 9.51. The smallest absolute Gasteiger partial charge is 0.246 e. The van der Waals surface area contributed by atoms with Crippen molar-refractivity contribution in [2.24, 2.45) is 0 Å². The number of hydrogen-bond acceptors (Lipinski definition) is 5. The van der Waals surface area contributed by atoms with Crippen LogP contribution in [0, 0.1) is 0 Å². The quantitative estimate of drug-likeness (QED) is 0.885. The van der Waals surface area contributed by atoms with Crippen molar-refractivity contribution in [2.45, 2.75) is 11.3 Å². The van der Waals surface area contributed by atoms with Crippen LogP contribution in [0.5, 0.6) is 0 Å². The molecule has 7 heteroatoms. The molecular weight excluding hydrogens is 276 g/mol. The summed E-state index contributed by atoms with van der Waals surface area (Å²) in [6, 6.07) is 8.56. The molecule has 0 aliphatic rings. The maximum absolute atomic E-state index is 12.4. The van der Waals surface area contributed by atoms with Crippen molar-refractivity contribution >= 4 is 15.8 Å². The van der Waals surface area contributed by atoms with Crippen LogP contribution in [0.2, 0.25) is 0 Å². The van der Waals surface area contributed by atoms with Gasteiger partial charge >= 0.3 is 0 Å². The molecule has 0 fully saturated rings. The molecule has 2 N–H and O–H groups in total. The minimum Gasteiger partial charge on any atom is -0.383 e. The van der Waals surface area contributed by atoms with Gasteiger partial charge in [0.15, 0.2) is 0 Å². The lowest BCUT2D eigenvalue weighted by molar-refractivity contribution is 0.471. The van der Waals surface area contributed by atoms with Crippen LogP contribution in [0.3, 0.4) is 0 Å². The normalized spacial score (nSPS) is 11.7. The summed E-state index contributed by atoms with van der Waals surface area (Å²) in [5, 5.41) is 0. The van der Waals surface area contributed by atoms with E-state index in [1.54, 1.807) is 12.3 Å². The zero-order valence-electron chi connectivity index (χ0n) is 11.1. The highest BCUT2D eigenvalue weighted by molar-refractivity contribution is 7.89. The molecule has 0 amide bonds. The van der Waals surface area contributed by atoms with Crippen LogP contribution < -0.4 is 5.73 Å². The van der Waals surface area contributed by atoms with Crippen molar-refractivity contribution < 1.29 is 8.42 Å². The van der Waals surface area contributed by atoms with E-state index in [0.717, 1.165) is 5.69 Å². The molecule has 0 aliphatic heterocycles. The number of rotatable bonds is 5. The lowest BCUT2D eigenvalue weighted by atomic mass is 10.3. The van der Waals surface area contributed by atoms with E-state index in [2.05, 4.69) is 9.97 Å². The lowest BCUT2D eigenvalue weighted by Gasteiger charge is -2.17. The molecule has 0 saturated heterocycles. The number of nitrogens with zero attached hydrogens (tertiary/aromatic N) is 3. The Bertz CT molecular complexity index is 674. The summed E-state index contributed by atoms with van der Waals surface area (Å²) >= 11 is 0. The highest BCUT2D eigenvalue weighted by Gasteiger charge is 2.23. The molecule has 0 aliphatic carbocycles. The molecule has 0 aromatic carbocycles. The van der Waals surface area contributed by atoms with Crippen molar-refractivity contribution in [2.75, 3.05) is 19.3 Å². The van der Waals surface area contributed by atoms with E-state index in [-0.39, 0.29) is 10.7 Å². The molecular formula is C13H16N4O2S. The van der Waals surface area contributed by atoms with E-state index < -0.39 is 10.0 Å². The van der Waals surface area contributed by atoms with E-state index in [4.69, 9.17) is 5.73 Å². The van der Waals surface area contributed by atoms with Crippen LogP contribution in [0.25, 0.3) is 0 Å². The van der Waals surface area contributed by atoms with Crippen LogP contribution in [0.4, 0.5) is 5.82 Å². The van der Waals surface area contributed by atoms with Gasteiger partial charge in [0.25, 0.3) is 0 Å². The Morgan fingerprint density at radius 1 is 1.15 bits per heavy atom. The van der Waals surface area contributed by atoms with E-state index in [9.17, 15) is 8.42 Å². The van der Waals surface area contributed by atoms with E-state index in [0.29, 0.717) is 13.0 Å². The predicted molar refractivity (Wildman–Crippen MR) is 76.4 cm³/mol. The molecule has 20 heavy (non-hydrogen) atoms. The van der Waals surface area contributed by atoms with Gasteiger partial charge in [0.05, 0.1) is 0 Å². The number of sulfonamides is 1. The molecule has 0 bridgehead atoms. The maximum atomic E-state index is 12.4. The summed E-state index contributed by atoms with van der Waals surface area (Å²) in [5.74, 6) is 0.0113. The summed E-state index contributed by atoms with van der Waals surface area (Å²) in [6.45, 7) is 0.327. The zero-order chi connectivity index (χ0) is 14.6. The largest absolute Gasteiger partial charge is 0.383 e. The van der Waals surface area contributed by atoms with Gasteiger partial charge < -0.3 is 5.73 Å². The van der Waals surface area contributed by atoms with Gasteiger partial charge in [-0.25, -0.2) is 17.7 Å². The monoisotopic (exact) mass is 292 g/mol. The van der Waals surface area contributed by atoms with E-state index in [1.165, 1.54) is 23.6 Å². The average Bonchev–Trinajstić information content (AvgIpc) is 2.46. The summed E-state index contributed by atoms with van der Waals surface area (Å²) in [4.78, 5) is 8.00. The second kappa shape index (κ2) is 5.98. The Morgan fingerprint density at radius 2 is 1.90 bits per heavy atom. The molecule has 2 aromatic rings. The molecule has 0 radical (unpaired) electrons. The van der Waals surface area contributed by atoms with Gasteiger partial charge in [-0.05, 0) is 24.3 Å². The van der Waals surface area contributed by atoms with Crippen LogP contribution in [0.1, 0.15) is 5.69 Å². The number of hydrogen-bond donors (Lipinski definition) is 1. The minimum atomic E-state index is -3.62. The first-order valence-electron chi connectivity index (χ1n) is 6.08. The second-order valence-electron chi connectivity index (χ2n) is 4.28. The van der Waals surface area contributed by atoms with Crippen LogP contribution in [-0.2, 0) is 16.4 Å². The van der Waals surface area contributed by atoms with Gasteiger partial charge in [-0.15, -0.1) is 0 Å². The number of nitrogen functional groups attached to an aromatic ring is 1. The third kappa shape index (κ3) is 3.12. The van der Waals surface area contributed by atoms with Crippen LogP contribution >= 0.6 is 0 Å². The van der Waals surface area contributed by atoms with Gasteiger partial charge in [0.2, 0.25) is 10.0 Å². The lowest BCUT2D eigenvalue weighted by Crippen LogP contribution is -2.30. The molecule has 2 heterocycles. The van der Waals surface area contributed by atoms with Gasteiger partial charge in [-0.2, -0.15) is 0 Å². The molecule has 2 aromatic heterocycles. The summed E-state index contributed by atoms with van der Waals surface area (Å²) in [7, 11) is -2.10.